The zero-order valence-electron chi connectivity index (χ0n) is 16.1. The van der Waals surface area contributed by atoms with Gasteiger partial charge >= 0.3 is 0 Å². The van der Waals surface area contributed by atoms with Crippen molar-refractivity contribution in [3.63, 3.8) is 0 Å². The van der Waals surface area contributed by atoms with E-state index in [4.69, 9.17) is 0 Å². The fourth-order valence-electron chi connectivity index (χ4n) is 4.55. The summed E-state index contributed by atoms with van der Waals surface area (Å²) in [4.78, 5) is 17.8. The van der Waals surface area contributed by atoms with E-state index in [1.807, 2.05) is 56.3 Å². The van der Waals surface area contributed by atoms with Crippen molar-refractivity contribution in [2.45, 2.75) is 27.3 Å². The number of hydrogen-bond donors (Lipinski definition) is 1. The second-order valence-electron chi connectivity index (χ2n) is 7.24. The lowest BCUT2D eigenvalue weighted by Gasteiger charge is -2.24. The van der Waals surface area contributed by atoms with Crippen LogP contribution in [0.4, 0.5) is 5.69 Å². The van der Waals surface area contributed by atoms with E-state index in [0.29, 0.717) is 11.1 Å². The molecule has 0 amide bonds. The van der Waals surface area contributed by atoms with Gasteiger partial charge in [0.15, 0.2) is 0 Å². The van der Waals surface area contributed by atoms with Gasteiger partial charge in [-0.05, 0) is 32.9 Å². The molecule has 4 heteroatoms. The monoisotopic (exact) mass is 368 g/mol. The number of aromatic nitrogens is 1. The van der Waals surface area contributed by atoms with Crippen LogP contribution in [0.25, 0.3) is 22.0 Å². The minimum absolute atomic E-state index is 0.0772. The number of allylic oxidation sites excluding steroid dienone is 3. The van der Waals surface area contributed by atoms with Crippen LogP contribution in [0.1, 0.15) is 30.7 Å². The fourth-order valence-corrected chi connectivity index (χ4v) is 4.55. The number of aliphatic imine (C=N–C) groups is 1. The minimum atomic E-state index is -0.110. The number of aliphatic hydroxyl groups is 1. The first kappa shape index (κ1) is 16.8. The maximum Gasteiger partial charge on any atom is 0.201 e. The first-order chi connectivity index (χ1) is 13.5. The van der Waals surface area contributed by atoms with Gasteiger partial charge in [-0.25, -0.2) is 0 Å². The Morgan fingerprint density at radius 3 is 2.43 bits per heavy atom. The molecule has 1 N–H and O–H groups in total. The van der Waals surface area contributed by atoms with Crippen molar-refractivity contribution < 1.29 is 9.90 Å². The molecule has 0 saturated carbocycles. The number of aliphatic hydroxyl groups excluding tert-OH is 1. The van der Waals surface area contributed by atoms with E-state index in [1.165, 1.54) is 0 Å². The van der Waals surface area contributed by atoms with Crippen LogP contribution in [0.15, 0.2) is 64.9 Å². The van der Waals surface area contributed by atoms with Gasteiger partial charge in [-0.1, -0.05) is 36.4 Å². The summed E-state index contributed by atoms with van der Waals surface area (Å²) in [5.74, 6) is -0.0331. The number of carbonyl (C=O) groups is 1. The zero-order chi connectivity index (χ0) is 19.6. The standard InChI is InChI=1S/C24H20N2O2/c1-4-26-14(3)20(16-10-6-8-12-18(16)26)22-23(27)21(24(22)28)19-13(2)25-17-11-7-5-9-15(17)19/h5-12,27H,4H2,1-3H3. The van der Waals surface area contributed by atoms with E-state index < -0.39 is 0 Å². The molecule has 1 aromatic heterocycles. The lowest BCUT2D eigenvalue weighted by Crippen LogP contribution is -2.24. The second kappa shape index (κ2) is 5.80. The number of nitrogens with zero attached hydrogens (tertiary/aromatic N) is 2. The molecule has 2 heterocycles. The Morgan fingerprint density at radius 1 is 0.964 bits per heavy atom. The average Bonchev–Trinajstić information content (AvgIpc) is 3.16. The van der Waals surface area contributed by atoms with E-state index in [0.717, 1.165) is 51.2 Å². The summed E-state index contributed by atoms with van der Waals surface area (Å²) in [5.41, 5.74) is 6.98. The lowest BCUT2D eigenvalue weighted by molar-refractivity contribution is -0.111. The Labute approximate surface area is 163 Å². The molecule has 2 aliphatic rings. The minimum Gasteiger partial charge on any atom is -0.506 e. The zero-order valence-corrected chi connectivity index (χ0v) is 16.1. The number of para-hydroxylation sites is 2. The van der Waals surface area contributed by atoms with E-state index in [1.54, 1.807) is 0 Å². The van der Waals surface area contributed by atoms with E-state index in [9.17, 15) is 9.90 Å². The van der Waals surface area contributed by atoms with Gasteiger partial charge in [0.05, 0.1) is 16.8 Å². The van der Waals surface area contributed by atoms with Crippen molar-refractivity contribution in [2.24, 2.45) is 4.99 Å². The normalized spacial score (nSPS) is 18.5. The van der Waals surface area contributed by atoms with Crippen LogP contribution in [0.3, 0.4) is 0 Å². The summed E-state index contributed by atoms with van der Waals surface area (Å²) < 4.78 is 2.18. The first-order valence-corrected chi connectivity index (χ1v) is 9.50. The Bertz CT molecular complexity index is 1290. The maximum atomic E-state index is 13.3. The SMILES string of the molecule is CCn1c(C)c(C2=C(O)C(=C3C(C)=Nc4ccccc43)C2=O)c2ccccc21. The molecular formula is C24H20N2O2. The summed E-state index contributed by atoms with van der Waals surface area (Å²) in [5, 5.41) is 12.0. The molecule has 2 aromatic carbocycles. The number of fused-ring (bicyclic) bond motifs is 2. The number of aryl methyl sites for hydroxylation is 1. The lowest BCUT2D eigenvalue weighted by atomic mass is 9.78. The van der Waals surface area contributed by atoms with Gasteiger partial charge in [0.2, 0.25) is 5.78 Å². The van der Waals surface area contributed by atoms with Gasteiger partial charge in [-0.15, -0.1) is 0 Å². The molecule has 0 radical (unpaired) electrons. The summed E-state index contributed by atoms with van der Waals surface area (Å²) in [6, 6.07) is 15.8. The molecule has 5 rings (SSSR count). The summed E-state index contributed by atoms with van der Waals surface area (Å²) in [7, 11) is 0. The summed E-state index contributed by atoms with van der Waals surface area (Å²) >= 11 is 0. The molecule has 1 aliphatic heterocycles. The topological polar surface area (TPSA) is 54.6 Å². The predicted octanol–water partition coefficient (Wildman–Crippen LogP) is 5.38. The van der Waals surface area contributed by atoms with Crippen molar-refractivity contribution in [3.05, 3.63) is 76.7 Å². The highest BCUT2D eigenvalue weighted by molar-refractivity contribution is 6.47. The molecular weight excluding hydrogens is 348 g/mol. The van der Waals surface area contributed by atoms with Crippen LogP contribution in [-0.2, 0) is 11.3 Å². The van der Waals surface area contributed by atoms with Crippen molar-refractivity contribution in [2.75, 3.05) is 0 Å². The van der Waals surface area contributed by atoms with E-state index in [2.05, 4.69) is 22.5 Å². The molecule has 0 saturated heterocycles. The summed E-state index contributed by atoms with van der Waals surface area (Å²) in [6.07, 6.45) is 0. The van der Waals surface area contributed by atoms with Gasteiger partial charge in [-0.3, -0.25) is 9.79 Å². The molecule has 0 atom stereocenters. The molecule has 3 aromatic rings. The van der Waals surface area contributed by atoms with Crippen LogP contribution < -0.4 is 0 Å². The van der Waals surface area contributed by atoms with Crippen molar-refractivity contribution >= 4 is 39.2 Å². The third-order valence-corrected chi connectivity index (χ3v) is 5.80. The molecule has 0 unspecified atom stereocenters. The third-order valence-electron chi connectivity index (χ3n) is 5.80. The molecule has 4 nitrogen and oxygen atoms in total. The number of rotatable bonds is 2. The maximum absolute atomic E-state index is 13.3. The molecule has 28 heavy (non-hydrogen) atoms. The van der Waals surface area contributed by atoms with E-state index in [-0.39, 0.29) is 11.5 Å². The molecule has 0 fully saturated rings. The van der Waals surface area contributed by atoms with Crippen LogP contribution in [0.2, 0.25) is 0 Å². The molecule has 1 aliphatic carbocycles. The highest BCUT2D eigenvalue weighted by Gasteiger charge is 2.41. The van der Waals surface area contributed by atoms with Gasteiger partial charge in [-0.2, -0.15) is 0 Å². The Hall–Kier alpha value is -3.40. The number of Topliss-reactive ketones (excluding diaryl/α,β-unsaturated/α-hetero) is 1. The number of hydrogen-bond acceptors (Lipinski definition) is 3. The van der Waals surface area contributed by atoms with Crippen LogP contribution in [0.5, 0.6) is 0 Å². The first-order valence-electron chi connectivity index (χ1n) is 9.50. The third kappa shape index (κ3) is 2.00. The van der Waals surface area contributed by atoms with Crippen LogP contribution in [-0.4, -0.2) is 21.2 Å². The predicted molar refractivity (Wildman–Crippen MR) is 113 cm³/mol. The van der Waals surface area contributed by atoms with Gasteiger partial charge in [0.25, 0.3) is 0 Å². The molecule has 0 bridgehead atoms. The summed E-state index contributed by atoms with van der Waals surface area (Å²) in [6.45, 7) is 6.79. The fraction of sp³-hybridized carbons (Fsp3) is 0.167. The Balaban J connectivity index is 1.77. The quantitative estimate of drug-likeness (QED) is 0.617. The van der Waals surface area contributed by atoms with Gasteiger partial charge < -0.3 is 9.67 Å². The Morgan fingerprint density at radius 2 is 1.68 bits per heavy atom. The Kier molecular flexibility index (Phi) is 3.47. The number of ketones is 1. The van der Waals surface area contributed by atoms with Crippen molar-refractivity contribution in [1.82, 2.24) is 4.57 Å². The van der Waals surface area contributed by atoms with Gasteiger partial charge in [0, 0.05) is 45.6 Å². The van der Waals surface area contributed by atoms with Crippen molar-refractivity contribution in [3.8, 4) is 0 Å². The number of benzene rings is 2. The average molecular weight is 368 g/mol. The smallest absolute Gasteiger partial charge is 0.201 e. The van der Waals surface area contributed by atoms with Gasteiger partial charge in [0.1, 0.15) is 5.76 Å². The van der Waals surface area contributed by atoms with Crippen LogP contribution in [0, 0.1) is 6.92 Å². The highest BCUT2D eigenvalue weighted by atomic mass is 16.3. The second-order valence-corrected chi connectivity index (χ2v) is 7.24. The van der Waals surface area contributed by atoms with Crippen molar-refractivity contribution in [1.29, 1.82) is 0 Å². The van der Waals surface area contributed by atoms with Crippen LogP contribution >= 0.6 is 0 Å². The largest absolute Gasteiger partial charge is 0.506 e. The molecule has 0 spiro atoms. The number of carbonyl (C=O) groups excluding carboxylic acids is 1. The highest BCUT2D eigenvalue weighted by Crippen LogP contribution is 2.47. The van der Waals surface area contributed by atoms with E-state index >= 15 is 0 Å². The molecule has 138 valence electrons.